The highest BCUT2D eigenvalue weighted by Crippen LogP contribution is 2.16. The van der Waals surface area contributed by atoms with Gasteiger partial charge < -0.3 is 9.52 Å². The number of nitrogens with one attached hydrogen (secondary N) is 1. The van der Waals surface area contributed by atoms with E-state index in [1.54, 1.807) is 13.0 Å². The summed E-state index contributed by atoms with van der Waals surface area (Å²) in [4.78, 5) is 13.3. The molecule has 0 bridgehead atoms. The number of hydrazine groups is 1. The van der Waals surface area contributed by atoms with Crippen LogP contribution in [-0.2, 0) is 6.54 Å². The number of aliphatic hydroxyl groups is 1. The Labute approximate surface area is 100 Å². The quantitative estimate of drug-likeness (QED) is 0.383. The van der Waals surface area contributed by atoms with Gasteiger partial charge in [0.25, 0.3) is 5.91 Å². The van der Waals surface area contributed by atoms with Gasteiger partial charge in [0.05, 0.1) is 18.7 Å². The number of nitrogen functional groups attached to an aromatic ring is 1. The number of hydrogen-bond donors (Lipinski definition) is 3. The molecule has 0 fully saturated rings. The van der Waals surface area contributed by atoms with Gasteiger partial charge in [0.15, 0.2) is 0 Å². The van der Waals surface area contributed by atoms with Crippen molar-refractivity contribution in [1.29, 1.82) is 0 Å². The van der Waals surface area contributed by atoms with E-state index in [0.29, 0.717) is 23.6 Å². The number of likely N-dealkylation sites (N-methyl/N-ethyl adjacent to an activating group) is 1. The molecule has 0 aliphatic heterocycles. The maximum absolute atomic E-state index is 11.4. The van der Waals surface area contributed by atoms with Crippen LogP contribution in [-0.4, -0.2) is 35.6 Å². The molecule has 0 spiro atoms. The Morgan fingerprint density at radius 1 is 1.71 bits per heavy atom. The van der Waals surface area contributed by atoms with Crippen LogP contribution in [0.3, 0.4) is 0 Å². The van der Waals surface area contributed by atoms with Gasteiger partial charge in [0.2, 0.25) is 0 Å². The van der Waals surface area contributed by atoms with E-state index in [9.17, 15) is 4.79 Å². The highest BCUT2D eigenvalue weighted by molar-refractivity contribution is 5.94. The molecule has 4 N–H and O–H groups in total. The van der Waals surface area contributed by atoms with Crippen LogP contribution in [0.1, 0.15) is 28.8 Å². The Morgan fingerprint density at radius 3 is 2.88 bits per heavy atom. The van der Waals surface area contributed by atoms with Gasteiger partial charge >= 0.3 is 0 Å². The van der Waals surface area contributed by atoms with Gasteiger partial charge in [0, 0.05) is 6.04 Å². The monoisotopic (exact) mass is 241 g/mol. The number of nitrogens with zero attached hydrogens (tertiary/aromatic N) is 1. The van der Waals surface area contributed by atoms with Gasteiger partial charge in [-0.05, 0) is 27.0 Å². The smallest absolute Gasteiger partial charge is 0.268 e. The molecular weight excluding hydrogens is 222 g/mol. The average Bonchev–Trinajstić information content (AvgIpc) is 2.67. The van der Waals surface area contributed by atoms with Crippen LogP contribution in [0.25, 0.3) is 0 Å². The first kappa shape index (κ1) is 13.7. The number of aliphatic hydroxyl groups excluding tert-OH is 1. The summed E-state index contributed by atoms with van der Waals surface area (Å²) in [7, 11) is 1.88. The minimum Gasteiger partial charge on any atom is -0.464 e. The molecule has 6 heteroatoms. The van der Waals surface area contributed by atoms with Crippen LogP contribution in [0, 0.1) is 6.92 Å². The number of nitrogens with two attached hydrogens (primary N) is 1. The Kier molecular flexibility index (Phi) is 4.68. The van der Waals surface area contributed by atoms with Crippen molar-refractivity contribution in [3.8, 4) is 0 Å². The first-order chi connectivity index (χ1) is 7.99. The van der Waals surface area contributed by atoms with E-state index < -0.39 is 0 Å². The number of furan rings is 1. The highest BCUT2D eigenvalue weighted by Gasteiger charge is 2.16. The fraction of sp³-hybridized carbons (Fsp3) is 0.545. The number of aryl methyl sites for hydroxylation is 1. The van der Waals surface area contributed by atoms with Gasteiger partial charge in [0.1, 0.15) is 11.5 Å². The third kappa shape index (κ3) is 3.29. The third-order valence-corrected chi connectivity index (χ3v) is 2.77. The minimum absolute atomic E-state index is 0.0344. The lowest BCUT2D eigenvalue weighted by molar-refractivity contribution is 0.0952. The fourth-order valence-electron chi connectivity index (χ4n) is 1.47. The van der Waals surface area contributed by atoms with Crippen molar-refractivity contribution in [1.82, 2.24) is 10.3 Å². The van der Waals surface area contributed by atoms with Crippen molar-refractivity contribution < 1.29 is 14.3 Å². The van der Waals surface area contributed by atoms with Gasteiger partial charge in [-0.3, -0.25) is 15.1 Å². The molecule has 17 heavy (non-hydrogen) atoms. The van der Waals surface area contributed by atoms with E-state index in [2.05, 4.69) is 5.43 Å². The van der Waals surface area contributed by atoms with E-state index in [1.807, 2.05) is 18.9 Å². The van der Waals surface area contributed by atoms with Crippen molar-refractivity contribution in [3.05, 3.63) is 23.2 Å². The molecule has 96 valence electrons. The van der Waals surface area contributed by atoms with Gasteiger partial charge in [-0.15, -0.1) is 0 Å². The Morgan fingerprint density at radius 2 is 2.35 bits per heavy atom. The van der Waals surface area contributed by atoms with E-state index >= 15 is 0 Å². The maximum Gasteiger partial charge on any atom is 0.268 e. The Balaban J connectivity index is 2.77. The topological polar surface area (TPSA) is 91.7 Å². The summed E-state index contributed by atoms with van der Waals surface area (Å²) in [5.74, 6) is 5.91. The minimum atomic E-state index is -0.365. The normalized spacial score (nSPS) is 12.8. The molecule has 0 saturated carbocycles. The summed E-state index contributed by atoms with van der Waals surface area (Å²) in [5, 5.41) is 9.02. The van der Waals surface area contributed by atoms with E-state index in [0.717, 1.165) is 0 Å². The molecule has 0 aliphatic carbocycles. The molecule has 0 radical (unpaired) electrons. The molecule has 1 aromatic heterocycles. The molecular formula is C11H19N3O3. The number of rotatable bonds is 5. The van der Waals surface area contributed by atoms with Crippen LogP contribution in [0.2, 0.25) is 0 Å². The van der Waals surface area contributed by atoms with Gasteiger partial charge in [-0.2, -0.15) is 0 Å². The Hall–Kier alpha value is -1.37. The zero-order valence-electron chi connectivity index (χ0n) is 10.4. The number of carbonyl (C=O) groups excluding carboxylic acids is 1. The van der Waals surface area contributed by atoms with Crippen molar-refractivity contribution in [2.75, 3.05) is 13.7 Å². The lowest BCUT2D eigenvalue weighted by atomic mass is 10.2. The van der Waals surface area contributed by atoms with Crippen LogP contribution in [0.5, 0.6) is 0 Å². The van der Waals surface area contributed by atoms with E-state index in [-0.39, 0.29) is 18.6 Å². The lowest BCUT2D eigenvalue weighted by Gasteiger charge is -2.21. The Bertz CT molecular complexity index is 389. The van der Waals surface area contributed by atoms with Crippen LogP contribution in [0.4, 0.5) is 0 Å². The molecule has 0 aromatic carbocycles. The summed E-state index contributed by atoms with van der Waals surface area (Å²) in [6.45, 7) is 4.22. The summed E-state index contributed by atoms with van der Waals surface area (Å²) in [6.07, 6.45) is 0. The molecule has 0 saturated heterocycles. The maximum atomic E-state index is 11.4. The van der Waals surface area contributed by atoms with Crippen molar-refractivity contribution in [3.63, 3.8) is 0 Å². The van der Waals surface area contributed by atoms with E-state index in [1.165, 1.54) is 0 Å². The number of hydrogen-bond acceptors (Lipinski definition) is 5. The molecule has 1 amide bonds. The summed E-state index contributed by atoms with van der Waals surface area (Å²) in [5.41, 5.74) is 2.51. The van der Waals surface area contributed by atoms with Crippen molar-refractivity contribution in [2.45, 2.75) is 26.4 Å². The second-order valence-corrected chi connectivity index (χ2v) is 4.10. The summed E-state index contributed by atoms with van der Waals surface area (Å²) < 4.78 is 5.46. The first-order valence-electron chi connectivity index (χ1n) is 5.41. The van der Waals surface area contributed by atoms with Crippen LogP contribution < -0.4 is 11.3 Å². The van der Waals surface area contributed by atoms with Crippen molar-refractivity contribution in [2.24, 2.45) is 5.84 Å². The number of carbonyl (C=O) groups is 1. The van der Waals surface area contributed by atoms with Crippen LogP contribution in [0.15, 0.2) is 10.5 Å². The first-order valence-corrected chi connectivity index (χ1v) is 5.41. The largest absolute Gasteiger partial charge is 0.464 e. The average molecular weight is 241 g/mol. The summed E-state index contributed by atoms with van der Waals surface area (Å²) >= 11 is 0. The molecule has 0 aliphatic rings. The second kappa shape index (κ2) is 5.81. The van der Waals surface area contributed by atoms with Crippen molar-refractivity contribution >= 4 is 5.91 Å². The molecule has 1 heterocycles. The molecule has 1 atom stereocenters. The van der Waals surface area contributed by atoms with E-state index in [4.69, 9.17) is 15.4 Å². The SMILES string of the molecule is Cc1oc(CN(C)C(C)CO)cc1C(=O)NN. The fourth-order valence-corrected chi connectivity index (χ4v) is 1.47. The second-order valence-electron chi connectivity index (χ2n) is 4.10. The predicted octanol–water partition coefficient (Wildman–Crippen LogP) is 0.00412. The zero-order valence-corrected chi connectivity index (χ0v) is 10.4. The van der Waals surface area contributed by atoms with Gasteiger partial charge in [-0.1, -0.05) is 0 Å². The lowest BCUT2D eigenvalue weighted by Crippen LogP contribution is -2.31. The van der Waals surface area contributed by atoms with Crippen LogP contribution >= 0.6 is 0 Å². The molecule has 6 nitrogen and oxygen atoms in total. The standard InChI is InChI=1S/C11H19N3O3/c1-7(6-15)14(3)5-9-4-10(8(2)17-9)11(16)13-12/h4,7,15H,5-6,12H2,1-3H3,(H,13,16). The number of amides is 1. The summed E-state index contributed by atoms with van der Waals surface area (Å²) in [6, 6.07) is 1.70. The zero-order chi connectivity index (χ0) is 13.0. The molecule has 1 unspecified atom stereocenters. The van der Waals surface area contributed by atoms with Gasteiger partial charge in [-0.25, -0.2) is 5.84 Å². The third-order valence-electron chi connectivity index (χ3n) is 2.77. The molecule has 1 aromatic rings. The molecule has 1 rings (SSSR count). The predicted molar refractivity (Wildman–Crippen MR) is 63.1 cm³/mol. The highest BCUT2D eigenvalue weighted by atomic mass is 16.3.